The molecule has 2 amide bonds. The number of amides is 2. The van der Waals surface area contributed by atoms with Crippen LogP contribution in [0, 0.1) is 5.92 Å². The second-order valence-electron chi connectivity index (χ2n) is 8.79. The Morgan fingerprint density at radius 1 is 1.23 bits per heavy atom. The van der Waals surface area contributed by atoms with Gasteiger partial charge in [0.15, 0.2) is 0 Å². The molecule has 2 N–H and O–H groups in total. The molecule has 6 nitrogen and oxygen atoms in total. The average molecular weight is 429 g/mol. The van der Waals surface area contributed by atoms with Crippen molar-refractivity contribution in [3.8, 4) is 0 Å². The SMILES string of the molecule is CC1(C)Cc2c(sc(NC(=O)N3CCC(Cc4ccccc4)CC3)c2C(=O)O)CO1. The van der Waals surface area contributed by atoms with E-state index in [0.29, 0.717) is 37.0 Å². The lowest BCUT2D eigenvalue weighted by Gasteiger charge is -2.32. The normalized spacial score (nSPS) is 18.7. The van der Waals surface area contributed by atoms with E-state index < -0.39 is 11.6 Å². The first-order valence-corrected chi connectivity index (χ1v) is 11.3. The fourth-order valence-corrected chi connectivity index (χ4v) is 5.44. The summed E-state index contributed by atoms with van der Waals surface area (Å²) in [6, 6.07) is 10.2. The number of urea groups is 1. The fourth-order valence-electron chi connectivity index (χ4n) is 4.33. The number of nitrogens with one attached hydrogen (secondary N) is 1. The quantitative estimate of drug-likeness (QED) is 0.734. The van der Waals surface area contributed by atoms with Gasteiger partial charge in [-0.3, -0.25) is 5.32 Å². The minimum Gasteiger partial charge on any atom is -0.478 e. The molecule has 2 aliphatic rings. The van der Waals surface area contributed by atoms with Crippen molar-refractivity contribution >= 4 is 28.3 Å². The molecular weight excluding hydrogens is 400 g/mol. The number of anilines is 1. The molecular formula is C23H28N2O4S. The topological polar surface area (TPSA) is 78.9 Å². The van der Waals surface area contributed by atoms with Crippen molar-refractivity contribution in [1.82, 2.24) is 4.90 Å². The number of carboxylic acid groups (broad SMARTS) is 1. The summed E-state index contributed by atoms with van der Waals surface area (Å²) >= 11 is 1.32. The van der Waals surface area contributed by atoms with Gasteiger partial charge in [-0.25, -0.2) is 9.59 Å². The highest BCUT2D eigenvalue weighted by atomic mass is 32.1. The Kier molecular flexibility index (Phi) is 5.84. The van der Waals surface area contributed by atoms with Gasteiger partial charge in [-0.1, -0.05) is 30.3 Å². The molecule has 0 radical (unpaired) electrons. The Morgan fingerprint density at radius 3 is 2.60 bits per heavy atom. The Labute approximate surface area is 180 Å². The van der Waals surface area contributed by atoms with Crippen molar-refractivity contribution < 1.29 is 19.4 Å². The smallest absolute Gasteiger partial charge is 0.339 e. The van der Waals surface area contributed by atoms with Gasteiger partial charge in [0.2, 0.25) is 0 Å². The van der Waals surface area contributed by atoms with E-state index in [4.69, 9.17) is 4.74 Å². The molecule has 0 atom stereocenters. The molecule has 2 aliphatic heterocycles. The van der Waals surface area contributed by atoms with Crippen LogP contribution >= 0.6 is 11.3 Å². The van der Waals surface area contributed by atoms with Gasteiger partial charge in [0.05, 0.1) is 17.8 Å². The molecule has 1 fully saturated rings. The molecule has 3 heterocycles. The van der Waals surface area contributed by atoms with Gasteiger partial charge in [-0.05, 0) is 50.2 Å². The number of carbonyl (C=O) groups is 2. The van der Waals surface area contributed by atoms with Crippen LogP contribution < -0.4 is 5.32 Å². The summed E-state index contributed by atoms with van der Waals surface area (Å²) < 4.78 is 5.82. The number of fused-ring (bicyclic) bond motifs is 1. The molecule has 160 valence electrons. The molecule has 2 aromatic rings. The maximum atomic E-state index is 12.8. The van der Waals surface area contributed by atoms with Gasteiger partial charge in [-0.15, -0.1) is 11.3 Å². The molecule has 1 aromatic heterocycles. The van der Waals surface area contributed by atoms with Crippen molar-refractivity contribution in [2.45, 2.75) is 51.7 Å². The minimum absolute atomic E-state index is 0.213. The molecule has 1 saturated heterocycles. The second kappa shape index (κ2) is 8.40. The summed E-state index contributed by atoms with van der Waals surface area (Å²) in [4.78, 5) is 27.5. The molecule has 30 heavy (non-hydrogen) atoms. The van der Waals surface area contributed by atoms with Gasteiger partial charge in [0, 0.05) is 24.4 Å². The van der Waals surface area contributed by atoms with E-state index in [1.165, 1.54) is 16.9 Å². The van der Waals surface area contributed by atoms with Crippen LogP contribution in [0.15, 0.2) is 30.3 Å². The third-order valence-electron chi connectivity index (χ3n) is 5.99. The van der Waals surface area contributed by atoms with Crippen LogP contribution in [0.2, 0.25) is 0 Å². The van der Waals surface area contributed by atoms with Crippen LogP contribution in [0.4, 0.5) is 9.80 Å². The zero-order chi connectivity index (χ0) is 21.3. The van der Waals surface area contributed by atoms with Crippen LogP contribution in [0.1, 0.15) is 53.1 Å². The zero-order valence-electron chi connectivity index (χ0n) is 17.4. The highest BCUT2D eigenvalue weighted by Crippen LogP contribution is 2.40. The van der Waals surface area contributed by atoms with Crippen LogP contribution in [-0.2, 0) is 24.2 Å². The van der Waals surface area contributed by atoms with Crippen molar-refractivity contribution in [2.75, 3.05) is 18.4 Å². The Hall–Kier alpha value is -2.38. The molecule has 4 rings (SSSR count). The van der Waals surface area contributed by atoms with E-state index in [9.17, 15) is 14.7 Å². The van der Waals surface area contributed by atoms with Gasteiger partial charge in [-0.2, -0.15) is 0 Å². The van der Waals surface area contributed by atoms with Gasteiger partial charge in [0.1, 0.15) is 5.00 Å². The summed E-state index contributed by atoms with van der Waals surface area (Å²) in [7, 11) is 0. The van der Waals surface area contributed by atoms with Crippen molar-refractivity contribution in [1.29, 1.82) is 0 Å². The summed E-state index contributed by atoms with van der Waals surface area (Å²) in [6.45, 7) is 5.67. The van der Waals surface area contributed by atoms with Gasteiger partial charge in [0.25, 0.3) is 0 Å². The largest absolute Gasteiger partial charge is 0.478 e. The summed E-state index contributed by atoms with van der Waals surface area (Å²) in [5.41, 5.74) is 1.94. The third-order valence-corrected chi connectivity index (χ3v) is 7.11. The van der Waals surface area contributed by atoms with E-state index in [2.05, 4.69) is 29.6 Å². The van der Waals surface area contributed by atoms with Crippen molar-refractivity contribution in [3.05, 3.63) is 51.9 Å². The number of hydrogen-bond acceptors (Lipinski definition) is 4. The molecule has 7 heteroatoms. The van der Waals surface area contributed by atoms with Crippen LogP contribution in [0.25, 0.3) is 0 Å². The first kappa shape index (κ1) is 20.9. The Bertz CT molecular complexity index is 930. The van der Waals surface area contributed by atoms with E-state index in [0.717, 1.165) is 29.7 Å². The molecule has 0 saturated carbocycles. The molecule has 0 spiro atoms. The second-order valence-corrected chi connectivity index (χ2v) is 9.89. The Balaban J connectivity index is 1.40. The summed E-state index contributed by atoms with van der Waals surface area (Å²) in [5, 5.41) is 13.1. The molecule has 0 bridgehead atoms. The predicted molar refractivity (Wildman–Crippen MR) is 117 cm³/mol. The number of carbonyl (C=O) groups excluding carboxylic acids is 1. The fraction of sp³-hybridized carbons (Fsp3) is 0.478. The van der Waals surface area contributed by atoms with Crippen molar-refractivity contribution in [3.63, 3.8) is 0 Å². The number of thiophene rings is 1. The lowest BCUT2D eigenvalue weighted by atomic mass is 9.90. The first-order valence-electron chi connectivity index (χ1n) is 10.4. The monoisotopic (exact) mass is 428 g/mol. The zero-order valence-corrected chi connectivity index (χ0v) is 18.3. The predicted octanol–water partition coefficient (Wildman–Crippen LogP) is 4.78. The number of piperidine rings is 1. The maximum Gasteiger partial charge on any atom is 0.339 e. The minimum atomic E-state index is -0.998. The molecule has 0 unspecified atom stereocenters. The van der Waals surface area contributed by atoms with Crippen LogP contribution in [-0.4, -0.2) is 40.7 Å². The molecule has 1 aromatic carbocycles. The number of nitrogens with zero attached hydrogens (tertiary/aromatic N) is 1. The number of rotatable bonds is 4. The van der Waals surface area contributed by atoms with E-state index in [-0.39, 0.29) is 11.6 Å². The number of likely N-dealkylation sites (tertiary alicyclic amines) is 1. The first-order chi connectivity index (χ1) is 14.3. The van der Waals surface area contributed by atoms with Crippen LogP contribution in [0.5, 0.6) is 0 Å². The van der Waals surface area contributed by atoms with Gasteiger partial charge < -0.3 is 14.7 Å². The lowest BCUT2D eigenvalue weighted by molar-refractivity contribution is -0.0384. The number of carboxylic acids is 1. The Morgan fingerprint density at radius 2 is 1.93 bits per heavy atom. The summed E-state index contributed by atoms with van der Waals surface area (Å²) in [5.74, 6) is -0.429. The third kappa shape index (κ3) is 4.52. The van der Waals surface area contributed by atoms with Crippen molar-refractivity contribution in [2.24, 2.45) is 5.92 Å². The molecule has 0 aliphatic carbocycles. The highest BCUT2D eigenvalue weighted by molar-refractivity contribution is 7.17. The number of benzene rings is 1. The van der Waals surface area contributed by atoms with E-state index in [1.807, 2.05) is 19.9 Å². The number of ether oxygens (including phenoxy) is 1. The van der Waals surface area contributed by atoms with Crippen LogP contribution in [0.3, 0.4) is 0 Å². The highest BCUT2D eigenvalue weighted by Gasteiger charge is 2.34. The van der Waals surface area contributed by atoms with Gasteiger partial charge >= 0.3 is 12.0 Å². The number of aromatic carboxylic acids is 1. The van der Waals surface area contributed by atoms with E-state index in [1.54, 1.807) is 4.90 Å². The lowest BCUT2D eigenvalue weighted by Crippen LogP contribution is -2.41. The average Bonchev–Trinajstić information content (AvgIpc) is 3.05. The maximum absolute atomic E-state index is 12.8. The number of hydrogen-bond donors (Lipinski definition) is 2. The van der Waals surface area contributed by atoms with E-state index >= 15 is 0 Å². The summed E-state index contributed by atoms with van der Waals surface area (Å²) in [6.07, 6.45) is 3.47. The standard InChI is InChI=1S/C23H28N2O4S/c1-23(2)13-17-18(14-29-23)30-20(19(17)21(26)27)24-22(28)25-10-8-16(9-11-25)12-15-6-4-3-5-7-15/h3-7,16H,8-14H2,1-2H3,(H,24,28)(H,26,27).